The monoisotopic (exact) mass is 721 g/mol. The maximum absolute atomic E-state index is 5.15. The van der Waals surface area contributed by atoms with Gasteiger partial charge in [-0.15, -0.1) is 11.3 Å². The SMILES string of the molecule is c1ccc(-c2cc(-c3cccc4c3sc3cc(-c5cccc(-c6nc(-c7ccccc7)nc(-c7ccccc7)n6)c5)ccc34)nc(-c3ccccc3)n2)cc1. The highest BCUT2D eigenvalue weighted by molar-refractivity contribution is 7.26. The van der Waals surface area contributed by atoms with E-state index in [1.165, 1.54) is 20.2 Å². The molecule has 6 heteroatoms. The first-order valence-corrected chi connectivity index (χ1v) is 19.0. The summed E-state index contributed by atoms with van der Waals surface area (Å²) in [5, 5.41) is 2.44. The van der Waals surface area contributed by atoms with Crippen molar-refractivity contribution < 1.29 is 0 Å². The molecule has 0 aliphatic carbocycles. The molecule has 0 N–H and O–H groups in total. The Balaban J connectivity index is 1.07. The Morgan fingerprint density at radius 3 is 1.38 bits per heavy atom. The van der Waals surface area contributed by atoms with Gasteiger partial charge in [0.1, 0.15) is 0 Å². The largest absolute Gasteiger partial charge is 0.228 e. The fraction of sp³-hybridized carbons (Fsp3) is 0. The lowest BCUT2D eigenvalue weighted by atomic mass is 10.0. The molecule has 0 bridgehead atoms. The van der Waals surface area contributed by atoms with E-state index >= 15 is 0 Å². The van der Waals surface area contributed by atoms with Crippen molar-refractivity contribution in [1.29, 1.82) is 0 Å². The quantitative estimate of drug-likeness (QED) is 0.164. The Labute approximate surface area is 322 Å². The van der Waals surface area contributed by atoms with Gasteiger partial charge in [0, 0.05) is 53.6 Å². The minimum Gasteiger partial charge on any atom is -0.228 e. The molecule has 0 aliphatic heterocycles. The van der Waals surface area contributed by atoms with Gasteiger partial charge in [-0.25, -0.2) is 24.9 Å². The molecule has 0 unspecified atom stereocenters. The van der Waals surface area contributed by atoms with Crippen LogP contribution >= 0.6 is 11.3 Å². The Morgan fingerprint density at radius 2 is 0.764 bits per heavy atom. The highest BCUT2D eigenvalue weighted by Gasteiger charge is 2.17. The topological polar surface area (TPSA) is 64.5 Å². The molecule has 3 heterocycles. The Hall–Kier alpha value is -7.15. The van der Waals surface area contributed by atoms with Crippen molar-refractivity contribution in [3.63, 3.8) is 0 Å². The smallest absolute Gasteiger partial charge is 0.164 e. The molecule has 0 radical (unpaired) electrons. The van der Waals surface area contributed by atoms with Gasteiger partial charge in [-0.05, 0) is 29.3 Å². The van der Waals surface area contributed by atoms with E-state index < -0.39 is 0 Å². The molecule has 0 atom stereocenters. The zero-order valence-corrected chi connectivity index (χ0v) is 30.4. The molecule has 55 heavy (non-hydrogen) atoms. The van der Waals surface area contributed by atoms with Crippen LogP contribution in [0.3, 0.4) is 0 Å². The third-order valence-electron chi connectivity index (χ3n) is 9.76. The van der Waals surface area contributed by atoms with E-state index in [0.717, 1.165) is 55.9 Å². The number of hydrogen-bond acceptors (Lipinski definition) is 6. The van der Waals surface area contributed by atoms with Crippen molar-refractivity contribution in [2.75, 3.05) is 0 Å². The van der Waals surface area contributed by atoms with Crippen molar-refractivity contribution in [1.82, 2.24) is 24.9 Å². The van der Waals surface area contributed by atoms with Crippen LogP contribution in [0, 0.1) is 0 Å². The highest BCUT2D eigenvalue weighted by atomic mass is 32.1. The first-order chi connectivity index (χ1) is 27.2. The van der Waals surface area contributed by atoms with Gasteiger partial charge in [-0.3, -0.25) is 0 Å². The standard InChI is InChI=1S/C49H31N5S/c1-5-15-32(16-6-1)42-31-43(51-46(50-42)33-17-7-2-8-18-33)41-26-14-25-40-39-28-27-37(30-44(39)55-45(40)41)36-23-13-24-38(29-36)49-53-47(34-19-9-3-10-20-34)52-48(54-49)35-21-11-4-12-22-35/h1-31H. The lowest BCUT2D eigenvalue weighted by Crippen LogP contribution is -2.00. The summed E-state index contributed by atoms with van der Waals surface area (Å²) < 4.78 is 2.41. The van der Waals surface area contributed by atoms with Gasteiger partial charge < -0.3 is 0 Å². The molecule has 0 saturated heterocycles. The van der Waals surface area contributed by atoms with Gasteiger partial charge in [-0.1, -0.05) is 170 Å². The summed E-state index contributed by atoms with van der Waals surface area (Å²) in [7, 11) is 0. The predicted octanol–water partition coefficient (Wildman–Crippen LogP) is 12.7. The number of aromatic nitrogens is 5. The van der Waals surface area contributed by atoms with E-state index in [-0.39, 0.29) is 0 Å². The van der Waals surface area contributed by atoms with E-state index in [1.807, 2.05) is 97.1 Å². The molecular formula is C49H31N5S. The second-order valence-corrected chi connectivity index (χ2v) is 14.4. The fourth-order valence-electron chi connectivity index (χ4n) is 7.01. The highest BCUT2D eigenvalue weighted by Crippen LogP contribution is 2.42. The van der Waals surface area contributed by atoms with Crippen LogP contribution in [0.25, 0.3) is 99.4 Å². The van der Waals surface area contributed by atoms with Crippen LogP contribution in [0.4, 0.5) is 0 Å². The zero-order valence-electron chi connectivity index (χ0n) is 29.5. The van der Waals surface area contributed by atoms with Gasteiger partial charge >= 0.3 is 0 Å². The number of rotatable bonds is 7. The lowest BCUT2D eigenvalue weighted by molar-refractivity contribution is 1.07. The van der Waals surface area contributed by atoms with Gasteiger partial charge in [0.05, 0.1) is 11.4 Å². The van der Waals surface area contributed by atoms with Crippen LogP contribution in [-0.4, -0.2) is 24.9 Å². The molecule has 0 fully saturated rings. The molecule has 0 saturated carbocycles. The number of fused-ring (bicyclic) bond motifs is 3. The average Bonchev–Trinajstić information content (AvgIpc) is 3.66. The predicted molar refractivity (Wildman–Crippen MR) is 226 cm³/mol. The number of benzene rings is 7. The number of nitrogens with zero attached hydrogens (tertiary/aromatic N) is 5. The van der Waals surface area contributed by atoms with Crippen LogP contribution in [0.1, 0.15) is 0 Å². The summed E-state index contributed by atoms with van der Waals surface area (Å²) in [6.45, 7) is 0. The third kappa shape index (κ3) is 6.35. The van der Waals surface area contributed by atoms with Crippen molar-refractivity contribution in [3.05, 3.63) is 188 Å². The van der Waals surface area contributed by atoms with Crippen molar-refractivity contribution >= 4 is 31.5 Å². The zero-order chi connectivity index (χ0) is 36.6. The van der Waals surface area contributed by atoms with E-state index in [2.05, 4.69) is 91.0 Å². The van der Waals surface area contributed by atoms with E-state index in [0.29, 0.717) is 23.3 Å². The average molecular weight is 722 g/mol. The van der Waals surface area contributed by atoms with E-state index in [1.54, 1.807) is 11.3 Å². The molecule has 258 valence electrons. The Kier molecular flexibility index (Phi) is 8.28. The number of thiophene rings is 1. The molecule has 0 amide bonds. The second kappa shape index (κ2) is 14.0. The van der Waals surface area contributed by atoms with E-state index in [4.69, 9.17) is 24.9 Å². The summed E-state index contributed by atoms with van der Waals surface area (Å²) in [6.07, 6.45) is 0. The van der Waals surface area contributed by atoms with Gasteiger partial charge in [0.2, 0.25) is 0 Å². The van der Waals surface area contributed by atoms with Crippen LogP contribution in [0.5, 0.6) is 0 Å². The minimum absolute atomic E-state index is 0.636. The number of hydrogen-bond donors (Lipinski definition) is 0. The summed E-state index contributed by atoms with van der Waals surface area (Å²) in [4.78, 5) is 25.0. The fourth-order valence-corrected chi connectivity index (χ4v) is 8.28. The van der Waals surface area contributed by atoms with Crippen LogP contribution < -0.4 is 0 Å². The maximum atomic E-state index is 5.15. The Morgan fingerprint density at radius 1 is 0.291 bits per heavy atom. The summed E-state index contributed by atoms with van der Waals surface area (Å²) >= 11 is 1.80. The molecule has 0 aliphatic rings. The second-order valence-electron chi connectivity index (χ2n) is 13.3. The van der Waals surface area contributed by atoms with Crippen molar-refractivity contribution in [3.8, 4) is 79.2 Å². The summed E-state index contributed by atoms with van der Waals surface area (Å²) in [5.74, 6) is 2.64. The van der Waals surface area contributed by atoms with E-state index in [9.17, 15) is 0 Å². The van der Waals surface area contributed by atoms with Crippen molar-refractivity contribution in [2.45, 2.75) is 0 Å². The molecule has 10 aromatic rings. The van der Waals surface area contributed by atoms with Gasteiger partial charge in [0.15, 0.2) is 23.3 Å². The first kappa shape index (κ1) is 32.5. The lowest BCUT2D eigenvalue weighted by Gasteiger charge is -2.10. The van der Waals surface area contributed by atoms with Crippen LogP contribution in [-0.2, 0) is 0 Å². The summed E-state index contributed by atoms with van der Waals surface area (Å²) in [5.41, 5.74) is 9.99. The third-order valence-corrected chi connectivity index (χ3v) is 11.0. The van der Waals surface area contributed by atoms with Gasteiger partial charge in [0.25, 0.3) is 0 Å². The molecule has 3 aromatic heterocycles. The molecule has 7 aromatic carbocycles. The molecular weight excluding hydrogens is 691 g/mol. The summed E-state index contributed by atoms with van der Waals surface area (Å²) in [6, 6.07) is 64.6. The molecule has 0 spiro atoms. The molecule has 10 rings (SSSR count). The van der Waals surface area contributed by atoms with Crippen LogP contribution in [0.15, 0.2) is 188 Å². The normalized spacial score (nSPS) is 11.3. The minimum atomic E-state index is 0.636. The maximum Gasteiger partial charge on any atom is 0.164 e. The van der Waals surface area contributed by atoms with Gasteiger partial charge in [-0.2, -0.15) is 0 Å². The van der Waals surface area contributed by atoms with Crippen LogP contribution in [0.2, 0.25) is 0 Å². The first-order valence-electron chi connectivity index (χ1n) is 18.2. The molecule has 5 nitrogen and oxygen atoms in total. The Bertz CT molecular complexity index is 2850. The van der Waals surface area contributed by atoms with Crippen molar-refractivity contribution in [2.24, 2.45) is 0 Å².